The number of nitrogens with two attached hydrogens (primary N) is 1. The molecule has 0 saturated heterocycles. The van der Waals surface area contributed by atoms with Crippen molar-refractivity contribution in [1.29, 1.82) is 0 Å². The number of hydrogen-bond donors (Lipinski definition) is 3. The van der Waals surface area contributed by atoms with Gasteiger partial charge in [-0.1, -0.05) is 24.2 Å². The van der Waals surface area contributed by atoms with Gasteiger partial charge in [0.2, 0.25) is 5.91 Å². The topological polar surface area (TPSA) is 139 Å². The maximum atomic E-state index is 11.8. The predicted molar refractivity (Wildman–Crippen MR) is 111 cm³/mol. The van der Waals surface area contributed by atoms with E-state index in [4.69, 9.17) is 15.7 Å². The van der Waals surface area contributed by atoms with Crippen LogP contribution >= 0.6 is 25.3 Å². The molecule has 0 aliphatic rings. The molecule has 144 valence electrons. The Morgan fingerprint density at radius 1 is 1.41 bits per heavy atom. The summed E-state index contributed by atoms with van der Waals surface area (Å²) in [6, 6.07) is 4.74. The van der Waals surface area contributed by atoms with Crippen LogP contribution < -0.4 is 11.4 Å². The van der Waals surface area contributed by atoms with Gasteiger partial charge in [-0.3, -0.25) is 9.59 Å². The van der Waals surface area contributed by atoms with Crippen molar-refractivity contribution in [3.8, 4) is 0 Å². The fraction of sp³-hybridized carbons (Fsp3) is 0.353. The number of aryl methyl sites for hydroxylation is 1. The summed E-state index contributed by atoms with van der Waals surface area (Å²) >= 11 is 7.70. The van der Waals surface area contributed by atoms with Crippen LogP contribution in [0, 0.1) is 6.92 Å². The lowest BCUT2D eigenvalue weighted by Gasteiger charge is -2.06. The summed E-state index contributed by atoms with van der Waals surface area (Å²) in [7, 11) is 0. The molecule has 1 heterocycles. The lowest BCUT2D eigenvalue weighted by molar-refractivity contribution is -0.117. The maximum absolute atomic E-state index is 11.8. The van der Waals surface area contributed by atoms with Gasteiger partial charge in [0.05, 0.1) is 12.0 Å². The molecule has 2 aromatic rings. The van der Waals surface area contributed by atoms with Crippen LogP contribution in [-0.4, -0.2) is 16.3 Å². The number of amides is 1. The molecule has 0 bridgehead atoms. The Labute approximate surface area is 166 Å². The summed E-state index contributed by atoms with van der Waals surface area (Å²) in [5.41, 5.74) is 14.4. The first kappa shape index (κ1) is 22.6. The van der Waals surface area contributed by atoms with Gasteiger partial charge in [-0.25, -0.2) is 4.79 Å². The van der Waals surface area contributed by atoms with Gasteiger partial charge in [0.1, 0.15) is 5.58 Å². The molecule has 0 aliphatic heterocycles. The van der Waals surface area contributed by atoms with E-state index in [1.54, 1.807) is 19.1 Å². The molecule has 1 amide bonds. The van der Waals surface area contributed by atoms with Crippen LogP contribution in [0.25, 0.3) is 21.4 Å². The lowest BCUT2D eigenvalue weighted by Crippen LogP contribution is -2.20. The molecule has 1 aromatic heterocycles. The highest BCUT2D eigenvalue weighted by molar-refractivity contribution is 7.96. The Bertz CT molecular complexity index is 952. The number of carbonyl (C=O) groups is 2. The highest BCUT2D eigenvalue weighted by Gasteiger charge is 2.13. The second-order valence-electron chi connectivity index (χ2n) is 5.67. The van der Waals surface area contributed by atoms with Crippen LogP contribution in [0.5, 0.6) is 0 Å². The van der Waals surface area contributed by atoms with Crippen LogP contribution in [0.1, 0.15) is 30.9 Å². The Morgan fingerprint density at radius 3 is 2.56 bits per heavy atom. The lowest BCUT2D eigenvalue weighted by atomic mass is 10.0. The average Bonchev–Trinajstić information content (AvgIpc) is 2.58. The molecule has 0 saturated carbocycles. The smallest absolute Gasteiger partial charge is 0.340 e. The van der Waals surface area contributed by atoms with Gasteiger partial charge < -0.3 is 10.2 Å². The second-order valence-corrected chi connectivity index (χ2v) is 6.90. The minimum Gasteiger partial charge on any atom is -0.422 e. The van der Waals surface area contributed by atoms with Crippen molar-refractivity contribution < 1.29 is 14.0 Å². The van der Waals surface area contributed by atoms with Crippen molar-refractivity contribution in [3.05, 3.63) is 50.2 Å². The minimum atomic E-state index is -0.609. The van der Waals surface area contributed by atoms with Gasteiger partial charge in [0.15, 0.2) is 5.12 Å². The zero-order valence-corrected chi connectivity index (χ0v) is 16.7. The van der Waals surface area contributed by atoms with E-state index >= 15 is 0 Å². The fourth-order valence-corrected chi connectivity index (χ4v) is 2.75. The molecule has 8 nitrogen and oxygen atoms in total. The zero-order valence-electron chi connectivity index (χ0n) is 14.9. The van der Waals surface area contributed by atoms with Crippen molar-refractivity contribution in [2.75, 3.05) is 0 Å². The Morgan fingerprint density at radius 2 is 2.07 bits per heavy atom. The number of hydrogen-bond acceptors (Lipinski definition) is 6. The molecule has 0 fully saturated rings. The second kappa shape index (κ2) is 10.7. The summed E-state index contributed by atoms with van der Waals surface area (Å²) in [5.74, 6) is -0.597. The van der Waals surface area contributed by atoms with E-state index in [0.29, 0.717) is 28.6 Å². The molecular weight excluding hydrogens is 388 g/mol. The number of carbonyl (C=O) groups excluding carboxylic acids is 2. The molecule has 0 radical (unpaired) electrons. The van der Waals surface area contributed by atoms with E-state index in [1.807, 2.05) is 6.92 Å². The van der Waals surface area contributed by atoms with Crippen LogP contribution in [0.4, 0.5) is 5.69 Å². The summed E-state index contributed by atoms with van der Waals surface area (Å²) in [6.07, 6.45) is 1.24. The van der Waals surface area contributed by atoms with E-state index in [9.17, 15) is 14.4 Å². The highest BCUT2D eigenvalue weighted by atomic mass is 32.1. The van der Waals surface area contributed by atoms with Crippen molar-refractivity contribution in [3.63, 3.8) is 0 Å². The molecule has 0 aliphatic carbocycles. The Hall–Kier alpha value is -2.42. The molecule has 0 spiro atoms. The number of rotatable bonds is 6. The third-order valence-corrected chi connectivity index (χ3v) is 4.39. The molecule has 2 rings (SSSR count). The quantitative estimate of drug-likeness (QED) is 0.221. The molecule has 27 heavy (non-hydrogen) atoms. The average molecular weight is 409 g/mol. The molecule has 1 aromatic carbocycles. The number of nitrogens with zero attached hydrogens (tertiary/aromatic N) is 3. The fourth-order valence-electron chi connectivity index (χ4n) is 2.22. The number of azide groups is 1. The van der Waals surface area contributed by atoms with E-state index < -0.39 is 11.5 Å². The first-order chi connectivity index (χ1) is 12.7. The van der Waals surface area contributed by atoms with Gasteiger partial charge in [-0.05, 0) is 30.5 Å². The molecule has 2 N–H and O–H groups in total. The molecular formula is C17H20N4O4S2. The number of fused-ring (bicyclic) bond motifs is 1. The van der Waals surface area contributed by atoms with Crippen molar-refractivity contribution in [2.45, 2.75) is 38.4 Å². The molecule has 1 atom stereocenters. The van der Waals surface area contributed by atoms with Gasteiger partial charge in [-0.2, -0.15) is 12.6 Å². The standard InChI is InChI=1S/C12H10N4O3.C5H10OS2/c1-6-8-3-2-7(15-16-14)4-10(8)19-12(18)9(6)5-11(13)17;1-2-4(7)3-5(6)8/h2-4H,5H2,1H3,(H2,13,17);4,7H,2-3H2,1H3,(H,6,8). The van der Waals surface area contributed by atoms with E-state index in [1.165, 1.54) is 6.07 Å². The highest BCUT2D eigenvalue weighted by Crippen LogP contribution is 2.24. The first-order valence-electron chi connectivity index (χ1n) is 7.99. The maximum Gasteiger partial charge on any atom is 0.340 e. The Balaban J connectivity index is 0.000000387. The summed E-state index contributed by atoms with van der Waals surface area (Å²) in [6.45, 7) is 3.71. The van der Waals surface area contributed by atoms with Crippen LogP contribution in [0.3, 0.4) is 0 Å². The van der Waals surface area contributed by atoms with Crippen LogP contribution in [0.2, 0.25) is 0 Å². The van der Waals surface area contributed by atoms with E-state index in [2.05, 4.69) is 35.3 Å². The molecule has 1 unspecified atom stereocenters. The number of benzene rings is 1. The monoisotopic (exact) mass is 408 g/mol. The van der Waals surface area contributed by atoms with Crippen molar-refractivity contribution in [1.82, 2.24) is 0 Å². The summed E-state index contributed by atoms with van der Waals surface area (Å²) < 4.78 is 5.11. The number of thiol groups is 2. The minimum absolute atomic E-state index is 0.0770. The van der Waals surface area contributed by atoms with Crippen LogP contribution in [-0.2, 0) is 16.0 Å². The van der Waals surface area contributed by atoms with Crippen molar-refractivity contribution in [2.24, 2.45) is 10.8 Å². The van der Waals surface area contributed by atoms with Crippen molar-refractivity contribution >= 4 is 52.9 Å². The first-order valence-corrected chi connectivity index (χ1v) is 8.95. The van der Waals surface area contributed by atoms with E-state index in [0.717, 1.165) is 6.42 Å². The largest absolute Gasteiger partial charge is 0.422 e. The third kappa shape index (κ3) is 7.01. The SMILES string of the molecule is CCC(S)CC(=O)S.Cc1c(CC(N)=O)c(=O)oc2cc(N=[N+]=[N-])ccc12. The van der Waals surface area contributed by atoms with Gasteiger partial charge in [0, 0.05) is 27.7 Å². The van der Waals surface area contributed by atoms with Gasteiger partial charge in [0.25, 0.3) is 0 Å². The summed E-state index contributed by atoms with van der Waals surface area (Å²) in [5, 5.41) is 4.22. The normalized spacial score (nSPS) is 11.1. The summed E-state index contributed by atoms with van der Waals surface area (Å²) in [4.78, 5) is 35.6. The Kier molecular flexibility index (Phi) is 8.93. The number of primary amides is 1. The predicted octanol–water partition coefficient (Wildman–Crippen LogP) is 3.61. The van der Waals surface area contributed by atoms with Gasteiger partial charge in [-0.15, -0.1) is 12.6 Å². The third-order valence-electron chi connectivity index (χ3n) is 3.66. The van der Waals surface area contributed by atoms with Crippen LogP contribution in [0.15, 0.2) is 32.5 Å². The zero-order chi connectivity index (χ0) is 20.6. The van der Waals surface area contributed by atoms with Gasteiger partial charge >= 0.3 is 5.63 Å². The van der Waals surface area contributed by atoms with E-state index in [-0.39, 0.29) is 22.3 Å². The molecule has 10 heteroatoms.